The minimum Gasteiger partial charge on any atom is -0.271 e. The van der Waals surface area contributed by atoms with Gasteiger partial charge in [-0.25, -0.2) is 9.91 Å². The number of imide groups is 1. The highest BCUT2D eigenvalue weighted by Crippen LogP contribution is 2.36. The van der Waals surface area contributed by atoms with Crippen LogP contribution >= 0.6 is 11.6 Å². The van der Waals surface area contributed by atoms with Crippen LogP contribution in [0.5, 0.6) is 0 Å². The van der Waals surface area contributed by atoms with Crippen LogP contribution in [0, 0.1) is 20.8 Å². The molecule has 7 heteroatoms. The highest BCUT2D eigenvalue weighted by molar-refractivity contribution is 6.32. The van der Waals surface area contributed by atoms with Gasteiger partial charge in [0.1, 0.15) is 0 Å². The molecule has 2 atom stereocenters. The van der Waals surface area contributed by atoms with Gasteiger partial charge >= 0.3 is 0 Å². The average Bonchev–Trinajstić information content (AvgIpc) is 3.14. The quantitative estimate of drug-likeness (QED) is 0.758. The van der Waals surface area contributed by atoms with Gasteiger partial charge in [-0.05, 0) is 61.7 Å². The molecule has 0 N–H and O–H groups in total. The first-order chi connectivity index (χ1) is 12.4. The first-order valence-corrected chi connectivity index (χ1v) is 8.67. The molecule has 4 rings (SSSR count). The molecule has 2 aromatic rings. The Morgan fingerprint density at radius 2 is 1.58 bits per heavy atom. The summed E-state index contributed by atoms with van der Waals surface area (Å²) < 4.78 is 0. The molecule has 2 heterocycles. The zero-order chi connectivity index (χ0) is 18.6. The van der Waals surface area contributed by atoms with E-state index < -0.39 is 12.1 Å². The van der Waals surface area contributed by atoms with E-state index in [1.807, 2.05) is 39.0 Å². The standard InChI is InChI=1S/C19H17ClN4O2/c1-10-4-7-14(8-12(10)3)24-17-16(21-22-24)18(25)23(19(17)26)13-6-5-11(2)15(20)9-13/h4-9,16-17H,1-3H3/t16-,17-/m0/s1. The van der Waals surface area contributed by atoms with Crippen LogP contribution < -0.4 is 9.91 Å². The van der Waals surface area contributed by atoms with Crippen molar-refractivity contribution in [2.75, 3.05) is 9.91 Å². The number of rotatable bonds is 2. The molecule has 0 radical (unpaired) electrons. The number of hydrogen-bond acceptors (Lipinski definition) is 5. The summed E-state index contributed by atoms with van der Waals surface area (Å²) in [5, 5.41) is 10.2. The minimum atomic E-state index is -0.829. The van der Waals surface area contributed by atoms with Gasteiger partial charge in [0.05, 0.1) is 11.4 Å². The summed E-state index contributed by atoms with van der Waals surface area (Å²) in [4.78, 5) is 27.0. The van der Waals surface area contributed by atoms with Crippen molar-refractivity contribution in [1.82, 2.24) is 0 Å². The molecule has 0 saturated carbocycles. The van der Waals surface area contributed by atoms with Gasteiger partial charge < -0.3 is 0 Å². The number of amides is 2. The lowest BCUT2D eigenvalue weighted by Crippen LogP contribution is -2.40. The number of halogens is 1. The summed E-state index contributed by atoms with van der Waals surface area (Å²) in [6.45, 7) is 5.87. The number of anilines is 2. The van der Waals surface area contributed by atoms with Crippen molar-refractivity contribution in [3.05, 3.63) is 58.1 Å². The number of carbonyl (C=O) groups excluding carboxylic acids is 2. The van der Waals surface area contributed by atoms with E-state index in [0.717, 1.165) is 27.3 Å². The van der Waals surface area contributed by atoms with E-state index in [4.69, 9.17) is 11.6 Å². The predicted molar refractivity (Wildman–Crippen MR) is 99.5 cm³/mol. The first-order valence-electron chi connectivity index (χ1n) is 8.29. The van der Waals surface area contributed by atoms with E-state index in [0.29, 0.717) is 10.7 Å². The van der Waals surface area contributed by atoms with Gasteiger partial charge in [0.15, 0.2) is 12.1 Å². The Morgan fingerprint density at radius 3 is 2.27 bits per heavy atom. The van der Waals surface area contributed by atoms with Crippen molar-refractivity contribution in [2.45, 2.75) is 32.9 Å². The molecular formula is C19H17ClN4O2. The van der Waals surface area contributed by atoms with Crippen LogP contribution in [-0.4, -0.2) is 23.9 Å². The monoisotopic (exact) mass is 368 g/mol. The molecule has 0 spiro atoms. The van der Waals surface area contributed by atoms with Gasteiger partial charge in [-0.3, -0.25) is 9.59 Å². The van der Waals surface area contributed by atoms with Crippen molar-refractivity contribution in [1.29, 1.82) is 0 Å². The number of hydrogen-bond donors (Lipinski definition) is 0. The summed E-state index contributed by atoms with van der Waals surface area (Å²) >= 11 is 6.16. The van der Waals surface area contributed by atoms with E-state index in [1.165, 1.54) is 5.01 Å². The summed E-state index contributed by atoms with van der Waals surface area (Å²) in [6.07, 6.45) is 0. The Kier molecular flexibility index (Phi) is 3.80. The first kappa shape index (κ1) is 16.7. The maximum absolute atomic E-state index is 13.0. The van der Waals surface area contributed by atoms with E-state index >= 15 is 0 Å². The lowest BCUT2D eigenvalue weighted by molar-refractivity contribution is -0.121. The van der Waals surface area contributed by atoms with Crippen LogP contribution in [0.2, 0.25) is 5.02 Å². The van der Waals surface area contributed by atoms with Crippen molar-refractivity contribution >= 4 is 34.8 Å². The average molecular weight is 369 g/mol. The lowest BCUT2D eigenvalue weighted by Gasteiger charge is -2.21. The van der Waals surface area contributed by atoms with Gasteiger partial charge in [-0.15, -0.1) is 0 Å². The van der Waals surface area contributed by atoms with Gasteiger partial charge in [-0.1, -0.05) is 29.0 Å². The molecular weight excluding hydrogens is 352 g/mol. The molecule has 1 fully saturated rings. The normalized spacial score (nSPS) is 21.7. The summed E-state index contributed by atoms with van der Waals surface area (Å²) in [7, 11) is 0. The lowest BCUT2D eigenvalue weighted by atomic mass is 10.1. The van der Waals surface area contributed by atoms with Gasteiger partial charge in [0, 0.05) is 5.02 Å². The van der Waals surface area contributed by atoms with Gasteiger partial charge in [0.25, 0.3) is 11.8 Å². The predicted octanol–water partition coefficient (Wildman–Crippen LogP) is 3.76. The van der Waals surface area contributed by atoms with Gasteiger partial charge in [0.2, 0.25) is 0 Å². The summed E-state index contributed by atoms with van der Waals surface area (Å²) in [5.74, 6) is -0.724. The molecule has 2 aromatic carbocycles. The molecule has 2 amide bonds. The topological polar surface area (TPSA) is 65.3 Å². The summed E-state index contributed by atoms with van der Waals surface area (Å²) in [5.41, 5.74) is 4.31. The molecule has 6 nitrogen and oxygen atoms in total. The minimum absolute atomic E-state index is 0.344. The third-order valence-electron chi connectivity index (χ3n) is 4.95. The van der Waals surface area contributed by atoms with Gasteiger partial charge in [-0.2, -0.15) is 5.11 Å². The van der Waals surface area contributed by atoms with Crippen molar-refractivity contribution in [3.8, 4) is 0 Å². The fourth-order valence-electron chi connectivity index (χ4n) is 3.22. The summed E-state index contributed by atoms with van der Waals surface area (Å²) in [6, 6.07) is 9.34. The fourth-order valence-corrected chi connectivity index (χ4v) is 3.39. The Labute approximate surface area is 156 Å². The molecule has 1 saturated heterocycles. The molecule has 132 valence electrons. The number of fused-ring (bicyclic) bond motifs is 1. The molecule has 26 heavy (non-hydrogen) atoms. The van der Waals surface area contributed by atoms with Crippen molar-refractivity contribution in [3.63, 3.8) is 0 Å². The maximum Gasteiger partial charge on any atom is 0.263 e. The van der Waals surface area contributed by atoms with Crippen LogP contribution in [-0.2, 0) is 9.59 Å². The second-order valence-electron chi connectivity index (χ2n) is 6.65. The molecule has 0 unspecified atom stereocenters. The zero-order valence-corrected chi connectivity index (χ0v) is 15.4. The SMILES string of the molecule is Cc1ccc(N2N=N[C@@H]3C(=O)N(c4ccc(C)c(Cl)c4)C(=O)[C@H]32)cc1C. The van der Waals surface area contributed by atoms with E-state index in [9.17, 15) is 9.59 Å². The number of aryl methyl sites for hydroxylation is 3. The van der Waals surface area contributed by atoms with Crippen LogP contribution in [0.4, 0.5) is 11.4 Å². The Hall–Kier alpha value is -2.73. The zero-order valence-electron chi connectivity index (χ0n) is 14.6. The van der Waals surface area contributed by atoms with Crippen LogP contribution in [0.3, 0.4) is 0 Å². The van der Waals surface area contributed by atoms with E-state index in [1.54, 1.807) is 18.2 Å². The molecule has 0 aliphatic carbocycles. The van der Waals surface area contributed by atoms with Crippen LogP contribution in [0.15, 0.2) is 46.7 Å². The Morgan fingerprint density at radius 1 is 0.885 bits per heavy atom. The number of benzene rings is 2. The van der Waals surface area contributed by atoms with Crippen molar-refractivity contribution in [2.24, 2.45) is 10.3 Å². The highest BCUT2D eigenvalue weighted by Gasteiger charge is 2.55. The van der Waals surface area contributed by atoms with E-state index in [2.05, 4.69) is 10.3 Å². The second kappa shape index (κ2) is 5.92. The molecule has 0 aromatic heterocycles. The highest BCUT2D eigenvalue weighted by atomic mass is 35.5. The molecule has 2 aliphatic heterocycles. The van der Waals surface area contributed by atoms with E-state index in [-0.39, 0.29) is 11.8 Å². The van der Waals surface area contributed by atoms with Crippen LogP contribution in [0.25, 0.3) is 0 Å². The maximum atomic E-state index is 13.0. The third-order valence-corrected chi connectivity index (χ3v) is 5.36. The fraction of sp³-hybridized carbons (Fsp3) is 0.263. The third kappa shape index (κ3) is 2.41. The largest absolute Gasteiger partial charge is 0.271 e. The molecule has 2 aliphatic rings. The number of carbonyl (C=O) groups is 2. The smallest absolute Gasteiger partial charge is 0.263 e. The van der Waals surface area contributed by atoms with Crippen molar-refractivity contribution < 1.29 is 9.59 Å². The van der Waals surface area contributed by atoms with Crippen LogP contribution in [0.1, 0.15) is 16.7 Å². The molecule has 0 bridgehead atoms. The second-order valence-corrected chi connectivity index (χ2v) is 7.06. The Balaban J connectivity index is 1.71. The number of nitrogens with zero attached hydrogens (tertiary/aromatic N) is 4. The Bertz CT molecular complexity index is 972.